The van der Waals surface area contributed by atoms with E-state index in [0.717, 1.165) is 16.9 Å². The summed E-state index contributed by atoms with van der Waals surface area (Å²) in [5.74, 6) is 1.84. The largest absolute Gasteiger partial charge is 0.493 e. The van der Waals surface area contributed by atoms with Crippen LogP contribution < -0.4 is 14.8 Å². The van der Waals surface area contributed by atoms with Crippen LogP contribution in [0, 0.1) is 0 Å². The third-order valence-electron chi connectivity index (χ3n) is 4.13. The molecule has 0 aliphatic carbocycles. The number of methoxy groups -OCH3 is 1. The second-order valence-corrected chi connectivity index (χ2v) is 7.12. The monoisotopic (exact) mass is 386 g/mol. The molecule has 3 rings (SSSR count). The summed E-state index contributed by atoms with van der Waals surface area (Å²) < 4.78 is 11.2. The van der Waals surface area contributed by atoms with Gasteiger partial charge in [0.05, 0.1) is 7.11 Å². The van der Waals surface area contributed by atoms with Crippen molar-refractivity contribution in [3.8, 4) is 11.5 Å². The lowest BCUT2D eigenvalue weighted by atomic mass is 10.2. The van der Waals surface area contributed by atoms with Crippen molar-refractivity contribution in [2.24, 2.45) is 0 Å². The van der Waals surface area contributed by atoms with Crippen LogP contribution in [0.1, 0.15) is 11.1 Å². The van der Waals surface area contributed by atoms with E-state index >= 15 is 0 Å². The lowest BCUT2D eigenvalue weighted by molar-refractivity contribution is -0.121. The fourth-order valence-electron chi connectivity index (χ4n) is 2.68. The molecule has 0 bridgehead atoms. The predicted molar refractivity (Wildman–Crippen MR) is 105 cm³/mol. The Hall–Kier alpha value is -2.67. The van der Waals surface area contributed by atoms with Crippen molar-refractivity contribution in [1.29, 1.82) is 0 Å². The molecule has 0 atom stereocenters. The van der Waals surface area contributed by atoms with Gasteiger partial charge in [-0.3, -0.25) is 9.59 Å². The Labute approximate surface area is 162 Å². The average Bonchev–Trinajstić information content (AvgIpc) is 3.10. The molecule has 2 amide bonds. The minimum Gasteiger partial charge on any atom is -0.493 e. The number of nitrogens with zero attached hydrogens (tertiary/aromatic N) is 1. The van der Waals surface area contributed by atoms with Gasteiger partial charge in [-0.05, 0) is 23.3 Å². The number of carbonyl (C=O) groups is 2. The molecule has 142 valence electrons. The molecule has 0 unspecified atom stereocenters. The summed E-state index contributed by atoms with van der Waals surface area (Å²) in [7, 11) is 1.59. The zero-order valence-electron chi connectivity index (χ0n) is 15.1. The number of carbonyl (C=O) groups excluding carboxylic acids is 2. The first-order valence-electron chi connectivity index (χ1n) is 8.68. The Balaban J connectivity index is 1.53. The van der Waals surface area contributed by atoms with Gasteiger partial charge in [0.25, 0.3) is 5.24 Å². The van der Waals surface area contributed by atoms with Gasteiger partial charge in [-0.15, -0.1) is 0 Å². The van der Waals surface area contributed by atoms with E-state index in [1.165, 1.54) is 11.8 Å². The molecule has 1 heterocycles. The maximum atomic E-state index is 12.0. The van der Waals surface area contributed by atoms with Crippen molar-refractivity contribution in [2.75, 3.05) is 26.0 Å². The highest BCUT2D eigenvalue weighted by molar-refractivity contribution is 8.13. The highest BCUT2D eigenvalue weighted by atomic mass is 32.2. The van der Waals surface area contributed by atoms with Crippen LogP contribution in [0.5, 0.6) is 11.5 Å². The smallest absolute Gasteiger partial charge is 0.282 e. The average molecular weight is 386 g/mol. The van der Waals surface area contributed by atoms with E-state index in [-0.39, 0.29) is 17.7 Å². The molecular weight excluding hydrogens is 364 g/mol. The fourth-order valence-corrected chi connectivity index (χ4v) is 3.50. The van der Waals surface area contributed by atoms with E-state index in [2.05, 4.69) is 5.32 Å². The number of ether oxygens (including phenoxy) is 2. The maximum Gasteiger partial charge on any atom is 0.282 e. The van der Waals surface area contributed by atoms with E-state index < -0.39 is 0 Å². The molecular formula is C20H22N2O4S. The minimum atomic E-state index is -0.172. The van der Waals surface area contributed by atoms with Crippen LogP contribution in [0.2, 0.25) is 0 Å². The van der Waals surface area contributed by atoms with Crippen molar-refractivity contribution in [3.05, 3.63) is 59.7 Å². The molecule has 2 aromatic rings. The fraction of sp³-hybridized carbons (Fsp3) is 0.300. The molecule has 6 nitrogen and oxygen atoms in total. The number of rotatable bonds is 8. The molecule has 2 aromatic carbocycles. The number of hydrogen-bond donors (Lipinski definition) is 1. The van der Waals surface area contributed by atoms with Gasteiger partial charge in [-0.25, -0.2) is 0 Å². The zero-order valence-corrected chi connectivity index (χ0v) is 16.0. The Kier molecular flexibility index (Phi) is 6.59. The van der Waals surface area contributed by atoms with E-state index in [9.17, 15) is 9.59 Å². The van der Waals surface area contributed by atoms with Gasteiger partial charge >= 0.3 is 0 Å². The van der Waals surface area contributed by atoms with E-state index in [1.807, 2.05) is 48.5 Å². The molecule has 0 aromatic heterocycles. The predicted octanol–water partition coefficient (Wildman–Crippen LogP) is 3.06. The Morgan fingerprint density at radius 1 is 1.15 bits per heavy atom. The topological polar surface area (TPSA) is 67.9 Å². The highest BCUT2D eigenvalue weighted by Crippen LogP contribution is 2.28. The van der Waals surface area contributed by atoms with Gasteiger partial charge in [-0.1, -0.05) is 48.2 Å². The minimum absolute atomic E-state index is 0.0354. The molecule has 1 fully saturated rings. The van der Waals surface area contributed by atoms with Crippen LogP contribution in [0.4, 0.5) is 4.79 Å². The normalized spacial score (nSPS) is 13.5. The van der Waals surface area contributed by atoms with Gasteiger partial charge in [-0.2, -0.15) is 0 Å². The van der Waals surface area contributed by atoms with Gasteiger partial charge in [0.2, 0.25) is 5.91 Å². The summed E-state index contributed by atoms with van der Waals surface area (Å²) in [6, 6.07) is 15.5. The van der Waals surface area contributed by atoms with Gasteiger partial charge in [0.15, 0.2) is 11.5 Å². The van der Waals surface area contributed by atoms with Gasteiger partial charge in [0, 0.05) is 18.8 Å². The summed E-state index contributed by atoms with van der Waals surface area (Å²) in [5, 5.41) is 2.80. The molecule has 1 aliphatic rings. The summed E-state index contributed by atoms with van der Waals surface area (Å²) in [6.45, 7) is 1.54. The molecule has 1 N–H and O–H groups in total. The second-order valence-electron chi connectivity index (χ2n) is 6.07. The van der Waals surface area contributed by atoms with E-state index in [1.54, 1.807) is 12.0 Å². The summed E-state index contributed by atoms with van der Waals surface area (Å²) in [5.41, 5.74) is 1.97. The number of amides is 2. The Morgan fingerprint density at radius 3 is 2.67 bits per heavy atom. The first-order valence-corrected chi connectivity index (χ1v) is 9.66. The van der Waals surface area contributed by atoms with Crippen LogP contribution in [0.3, 0.4) is 0 Å². The lowest BCUT2D eigenvalue weighted by Crippen LogP contribution is -2.36. The quantitative estimate of drug-likeness (QED) is 0.755. The third kappa shape index (κ3) is 5.40. The van der Waals surface area contributed by atoms with Crippen LogP contribution >= 0.6 is 11.8 Å². The number of thioether (sulfide) groups is 1. The van der Waals surface area contributed by atoms with Crippen LogP contribution in [-0.4, -0.2) is 42.0 Å². The van der Waals surface area contributed by atoms with Crippen molar-refractivity contribution in [3.63, 3.8) is 0 Å². The van der Waals surface area contributed by atoms with Crippen LogP contribution in [-0.2, 0) is 17.9 Å². The zero-order chi connectivity index (χ0) is 19.1. The summed E-state index contributed by atoms with van der Waals surface area (Å²) in [4.78, 5) is 25.1. The number of hydrogen-bond acceptors (Lipinski definition) is 5. The van der Waals surface area contributed by atoms with Crippen LogP contribution in [0.15, 0.2) is 48.5 Å². The van der Waals surface area contributed by atoms with E-state index in [0.29, 0.717) is 31.2 Å². The van der Waals surface area contributed by atoms with Crippen LogP contribution in [0.25, 0.3) is 0 Å². The highest BCUT2D eigenvalue weighted by Gasteiger charge is 2.23. The van der Waals surface area contributed by atoms with Crippen molar-refractivity contribution < 1.29 is 19.1 Å². The first-order chi connectivity index (χ1) is 13.2. The SMILES string of the molecule is COc1cc(CNC(=O)CN2CCSC2=O)ccc1OCc1ccccc1. The summed E-state index contributed by atoms with van der Waals surface area (Å²) >= 11 is 1.25. The van der Waals surface area contributed by atoms with E-state index in [4.69, 9.17) is 9.47 Å². The standard InChI is InChI=1S/C20H22N2O4S/c1-25-18-11-16(12-21-19(23)13-22-9-10-27-20(22)24)7-8-17(18)26-14-15-5-3-2-4-6-15/h2-8,11H,9-10,12-14H2,1H3,(H,21,23). The third-order valence-corrected chi connectivity index (χ3v) is 5.03. The van der Waals surface area contributed by atoms with Crippen molar-refractivity contribution in [1.82, 2.24) is 10.2 Å². The Morgan fingerprint density at radius 2 is 1.96 bits per heavy atom. The molecule has 0 radical (unpaired) electrons. The molecule has 7 heteroatoms. The molecule has 0 spiro atoms. The number of nitrogens with one attached hydrogen (secondary N) is 1. The summed E-state index contributed by atoms with van der Waals surface area (Å²) in [6.07, 6.45) is 0. The van der Waals surface area contributed by atoms with Gasteiger partial charge < -0.3 is 19.7 Å². The molecule has 1 aliphatic heterocycles. The number of benzene rings is 2. The molecule has 27 heavy (non-hydrogen) atoms. The van der Waals surface area contributed by atoms with Gasteiger partial charge in [0.1, 0.15) is 13.2 Å². The molecule has 0 saturated carbocycles. The first kappa shape index (κ1) is 19.1. The van der Waals surface area contributed by atoms with Crippen molar-refractivity contribution in [2.45, 2.75) is 13.2 Å². The Bertz CT molecular complexity index is 798. The molecule has 1 saturated heterocycles. The lowest BCUT2D eigenvalue weighted by Gasteiger charge is -2.15. The maximum absolute atomic E-state index is 12.0. The van der Waals surface area contributed by atoms with Crippen molar-refractivity contribution >= 4 is 22.9 Å². The second kappa shape index (κ2) is 9.32.